The van der Waals surface area contributed by atoms with Crippen LogP contribution in [0.25, 0.3) is 0 Å². The van der Waals surface area contributed by atoms with E-state index >= 15 is 0 Å². The van der Waals surface area contributed by atoms with E-state index in [9.17, 15) is 9.59 Å². The fourth-order valence-corrected chi connectivity index (χ4v) is 5.21. The highest BCUT2D eigenvalue weighted by atomic mass is 16.2. The molecule has 0 aromatic heterocycles. The van der Waals surface area contributed by atoms with Gasteiger partial charge in [0.05, 0.1) is 5.41 Å². The third-order valence-corrected chi connectivity index (χ3v) is 6.84. The minimum absolute atomic E-state index is 0.228. The number of rotatable bonds is 1. The quantitative estimate of drug-likeness (QED) is 0.776. The predicted octanol–water partition coefficient (Wildman–Crippen LogP) is 3.39. The van der Waals surface area contributed by atoms with Crippen LogP contribution in [0, 0.1) is 11.3 Å². The van der Waals surface area contributed by atoms with Crippen molar-refractivity contribution in [3.8, 4) is 0 Å². The largest absolute Gasteiger partial charge is 0.342 e. The molecule has 4 heteroatoms. The summed E-state index contributed by atoms with van der Waals surface area (Å²) in [6.45, 7) is 2.16. The van der Waals surface area contributed by atoms with Crippen LogP contribution in [0.2, 0.25) is 0 Å². The van der Waals surface area contributed by atoms with Gasteiger partial charge in [0.2, 0.25) is 11.8 Å². The van der Waals surface area contributed by atoms with Gasteiger partial charge in [-0.3, -0.25) is 9.59 Å². The van der Waals surface area contributed by atoms with Crippen LogP contribution in [0.5, 0.6) is 0 Å². The highest BCUT2D eigenvalue weighted by Crippen LogP contribution is 2.40. The smallest absolute Gasteiger partial charge is 0.229 e. The van der Waals surface area contributed by atoms with Crippen LogP contribution in [0.4, 0.5) is 0 Å². The number of likely N-dealkylation sites (tertiary alicyclic amines) is 1. The standard InChI is InChI=1S/C22H30N2O2/c1-23-16-19-10-6-5-9-18(19)15-22(21(23)26)11-13-24(14-12-22)20(25)17-7-3-2-4-8-17/h5-6,9-10,17H,2-4,7-8,11-16H2,1H3. The van der Waals surface area contributed by atoms with E-state index < -0.39 is 0 Å². The SMILES string of the molecule is CN1Cc2ccccc2CC2(CCN(C(=O)C3CCCCC3)CC2)C1=O. The molecule has 2 aliphatic heterocycles. The number of carbonyl (C=O) groups is 2. The molecule has 2 amide bonds. The van der Waals surface area contributed by atoms with Crippen LogP contribution in [0.3, 0.4) is 0 Å². The van der Waals surface area contributed by atoms with Crippen LogP contribution in [-0.2, 0) is 22.6 Å². The molecule has 1 spiro atoms. The van der Waals surface area contributed by atoms with E-state index in [1.165, 1.54) is 30.4 Å². The van der Waals surface area contributed by atoms with E-state index in [2.05, 4.69) is 24.3 Å². The van der Waals surface area contributed by atoms with Gasteiger partial charge in [-0.15, -0.1) is 0 Å². The van der Waals surface area contributed by atoms with Crippen molar-refractivity contribution >= 4 is 11.8 Å². The van der Waals surface area contributed by atoms with Gasteiger partial charge in [-0.05, 0) is 43.2 Å². The molecule has 1 aromatic rings. The lowest BCUT2D eigenvalue weighted by molar-refractivity contribution is -0.149. The Labute approximate surface area is 156 Å². The lowest BCUT2D eigenvalue weighted by Crippen LogP contribution is -2.51. The average Bonchev–Trinajstić information content (AvgIpc) is 2.78. The maximum absolute atomic E-state index is 13.2. The maximum Gasteiger partial charge on any atom is 0.229 e. The fourth-order valence-electron chi connectivity index (χ4n) is 5.21. The zero-order chi connectivity index (χ0) is 18.1. The summed E-state index contributed by atoms with van der Waals surface area (Å²) in [7, 11) is 1.92. The molecule has 4 nitrogen and oxygen atoms in total. The van der Waals surface area contributed by atoms with E-state index in [1.807, 2.05) is 16.8 Å². The molecular formula is C22H30N2O2. The summed E-state index contributed by atoms with van der Waals surface area (Å²) in [5.41, 5.74) is 2.24. The summed E-state index contributed by atoms with van der Waals surface area (Å²) in [5.74, 6) is 0.832. The van der Waals surface area contributed by atoms with E-state index in [0.29, 0.717) is 12.5 Å². The predicted molar refractivity (Wildman–Crippen MR) is 101 cm³/mol. The van der Waals surface area contributed by atoms with Crippen molar-refractivity contribution in [3.05, 3.63) is 35.4 Å². The number of benzene rings is 1. The number of carbonyl (C=O) groups excluding carboxylic acids is 2. The second kappa shape index (κ2) is 7.05. The summed E-state index contributed by atoms with van der Waals surface area (Å²) >= 11 is 0. The van der Waals surface area contributed by atoms with Crippen molar-refractivity contribution in [2.45, 2.75) is 57.9 Å². The molecule has 0 bridgehead atoms. The van der Waals surface area contributed by atoms with Gasteiger partial charge in [-0.25, -0.2) is 0 Å². The van der Waals surface area contributed by atoms with Crippen molar-refractivity contribution in [1.29, 1.82) is 0 Å². The zero-order valence-corrected chi connectivity index (χ0v) is 15.9. The van der Waals surface area contributed by atoms with Gasteiger partial charge in [0.15, 0.2) is 0 Å². The first-order valence-corrected chi connectivity index (χ1v) is 10.2. The van der Waals surface area contributed by atoms with E-state index in [-0.39, 0.29) is 17.2 Å². The second-order valence-electron chi connectivity index (χ2n) is 8.55. The average molecular weight is 354 g/mol. The number of amides is 2. The minimum Gasteiger partial charge on any atom is -0.342 e. The Hall–Kier alpha value is -1.84. The summed E-state index contributed by atoms with van der Waals surface area (Å²) < 4.78 is 0. The molecule has 0 N–H and O–H groups in total. The van der Waals surface area contributed by atoms with E-state index in [1.54, 1.807) is 0 Å². The highest BCUT2D eigenvalue weighted by Gasteiger charge is 2.45. The highest BCUT2D eigenvalue weighted by molar-refractivity contribution is 5.85. The molecule has 0 radical (unpaired) electrons. The molecule has 3 aliphatic rings. The van der Waals surface area contributed by atoms with E-state index in [0.717, 1.165) is 45.2 Å². The Morgan fingerprint density at radius 2 is 1.69 bits per heavy atom. The van der Waals surface area contributed by atoms with Crippen molar-refractivity contribution in [3.63, 3.8) is 0 Å². The summed E-state index contributed by atoms with van der Waals surface area (Å²) in [6, 6.07) is 8.44. The lowest BCUT2D eigenvalue weighted by atomic mass is 9.72. The van der Waals surface area contributed by atoms with Crippen molar-refractivity contribution in [1.82, 2.24) is 9.80 Å². The molecule has 140 valence electrons. The first kappa shape index (κ1) is 17.6. The van der Waals surface area contributed by atoms with Crippen molar-refractivity contribution in [2.75, 3.05) is 20.1 Å². The summed E-state index contributed by atoms with van der Waals surface area (Å²) in [6.07, 6.45) is 8.16. The van der Waals surface area contributed by atoms with Gasteiger partial charge < -0.3 is 9.80 Å². The Balaban J connectivity index is 1.49. The monoisotopic (exact) mass is 354 g/mol. The molecule has 1 aliphatic carbocycles. The van der Waals surface area contributed by atoms with Gasteiger partial charge >= 0.3 is 0 Å². The first-order valence-electron chi connectivity index (χ1n) is 10.2. The Bertz CT molecular complexity index is 685. The molecule has 2 heterocycles. The molecule has 26 heavy (non-hydrogen) atoms. The Morgan fingerprint density at radius 3 is 2.38 bits per heavy atom. The topological polar surface area (TPSA) is 40.6 Å². The molecule has 0 atom stereocenters. The molecule has 1 saturated carbocycles. The van der Waals surface area contributed by atoms with Crippen LogP contribution in [0.1, 0.15) is 56.1 Å². The number of hydrogen-bond acceptors (Lipinski definition) is 2. The number of nitrogens with zero attached hydrogens (tertiary/aromatic N) is 2. The van der Waals surface area contributed by atoms with Crippen LogP contribution >= 0.6 is 0 Å². The van der Waals surface area contributed by atoms with Crippen molar-refractivity contribution in [2.24, 2.45) is 11.3 Å². The molecule has 4 rings (SSSR count). The molecule has 0 unspecified atom stereocenters. The third kappa shape index (κ3) is 3.15. The fraction of sp³-hybridized carbons (Fsp3) is 0.636. The lowest BCUT2D eigenvalue weighted by Gasteiger charge is -2.42. The van der Waals surface area contributed by atoms with Gasteiger partial charge in [0.1, 0.15) is 0 Å². The summed E-state index contributed by atoms with van der Waals surface area (Å²) in [5, 5.41) is 0. The third-order valence-electron chi connectivity index (χ3n) is 6.84. The number of hydrogen-bond donors (Lipinski definition) is 0. The minimum atomic E-state index is -0.329. The normalized spacial score (nSPS) is 23.7. The Morgan fingerprint density at radius 1 is 1.04 bits per heavy atom. The first-order chi connectivity index (χ1) is 12.6. The van der Waals surface area contributed by atoms with Crippen LogP contribution in [0.15, 0.2) is 24.3 Å². The van der Waals surface area contributed by atoms with E-state index in [4.69, 9.17) is 0 Å². The van der Waals surface area contributed by atoms with Gasteiger partial charge in [0.25, 0.3) is 0 Å². The maximum atomic E-state index is 13.2. The summed E-state index contributed by atoms with van der Waals surface area (Å²) in [4.78, 5) is 30.0. The van der Waals surface area contributed by atoms with Gasteiger partial charge in [-0.1, -0.05) is 43.5 Å². The second-order valence-corrected chi connectivity index (χ2v) is 8.55. The van der Waals surface area contributed by atoms with Crippen LogP contribution < -0.4 is 0 Å². The molecule has 1 saturated heterocycles. The van der Waals surface area contributed by atoms with Gasteiger partial charge in [-0.2, -0.15) is 0 Å². The van der Waals surface area contributed by atoms with Crippen LogP contribution in [-0.4, -0.2) is 41.8 Å². The molecular weight excluding hydrogens is 324 g/mol. The molecule has 2 fully saturated rings. The molecule has 1 aromatic carbocycles. The van der Waals surface area contributed by atoms with Crippen molar-refractivity contribution < 1.29 is 9.59 Å². The van der Waals surface area contributed by atoms with Gasteiger partial charge in [0, 0.05) is 32.6 Å². The Kier molecular flexibility index (Phi) is 4.76. The zero-order valence-electron chi connectivity index (χ0n) is 15.9. The number of fused-ring (bicyclic) bond motifs is 1. The number of piperidine rings is 1.